The number of hydrogen-bond acceptors (Lipinski definition) is 7. The van der Waals surface area contributed by atoms with Gasteiger partial charge in [0.2, 0.25) is 11.4 Å². The number of ether oxygens (including phenoxy) is 5. The Morgan fingerprint density at radius 2 is 1.73 bits per heavy atom. The van der Waals surface area contributed by atoms with Gasteiger partial charge in [-0.15, -0.1) is 0 Å². The molecule has 0 amide bonds. The predicted molar refractivity (Wildman–Crippen MR) is 75.1 cm³/mol. The van der Waals surface area contributed by atoms with Gasteiger partial charge >= 0.3 is 11.9 Å². The van der Waals surface area contributed by atoms with Crippen LogP contribution in [-0.2, 0) is 33.3 Å². The Bertz CT molecular complexity index is 403. The Balaban J connectivity index is 2.09. The van der Waals surface area contributed by atoms with E-state index in [1.165, 1.54) is 14.2 Å². The van der Waals surface area contributed by atoms with Crippen LogP contribution in [0.4, 0.5) is 0 Å². The molecule has 0 bridgehead atoms. The van der Waals surface area contributed by atoms with Crippen molar-refractivity contribution in [2.75, 3.05) is 34.0 Å². The molecule has 22 heavy (non-hydrogen) atoms. The fourth-order valence-electron chi connectivity index (χ4n) is 3.18. The Morgan fingerprint density at radius 3 is 2.36 bits per heavy atom. The fraction of sp³-hybridized carbons (Fsp3) is 0.867. The maximum atomic E-state index is 12.4. The summed E-state index contributed by atoms with van der Waals surface area (Å²) < 4.78 is 27.0. The highest BCUT2D eigenvalue weighted by Crippen LogP contribution is 2.46. The molecule has 1 aliphatic carbocycles. The summed E-state index contributed by atoms with van der Waals surface area (Å²) in [7, 11) is 2.68. The van der Waals surface area contributed by atoms with Crippen molar-refractivity contribution in [2.24, 2.45) is 0 Å². The molecule has 1 heterocycles. The maximum Gasteiger partial charge on any atom is 0.343 e. The molecular formula is C15H24O7. The molecule has 2 rings (SSSR count). The Labute approximate surface area is 130 Å². The number of methoxy groups -OCH3 is 2. The van der Waals surface area contributed by atoms with Gasteiger partial charge in [-0.05, 0) is 25.7 Å². The van der Waals surface area contributed by atoms with Crippen molar-refractivity contribution in [1.29, 1.82) is 0 Å². The fourth-order valence-corrected chi connectivity index (χ4v) is 3.18. The van der Waals surface area contributed by atoms with Crippen molar-refractivity contribution in [3.63, 3.8) is 0 Å². The third-order valence-electron chi connectivity index (χ3n) is 4.27. The summed E-state index contributed by atoms with van der Waals surface area (Å²) >= 11 is 0. The lowest BCUT2D eigenvalue weighted by Gasteiger charge is -2.46. The summed E-state index contributed by atoms with van der Waals surface area (Å²) in [6.45, 7) is 1.10. The van der Waals surface area contributed by atoms with Crippen molar-refractivity contribution in [3.05, 3.63) is 0 Å². The van der Waals surface area contributed by atoms with Crippen LogP contribution in [0.3, 0.4) is 0 Å². The molecule has 0 radical (unpaired) electrons. The first-order chi connectivity index (χ1) is 10.6. The van der Waals surface area contributed by atoms with E-state index in [0.29, 0.717) is 32.5 Å². The van der Waals surface area contributed by atoms with Crippen molar-refractivity contribution < 1.29 is 33.3 Å². The first-order valence-electron chi connectivity index (χ1n) is 7.67. The number of hydrogen-bond donors (Lipinski definition) is 0. The molecule has 7 nitrogen and oxygen atoms in total. The Kier molecular flexibility index (Phi) is 5.77. The van der Waals surface area contributed by atoms with Crippen LogP contribution >= 0.6 is 0 Å². The average molecular weight is 316 g/mol. The number of esters is 2. The van der Waals surface area contributed by atoms with Crippen molar-refractivity contribution in [1.82, 2.24) is 0 Å². The van der Waals surface area contributed by atoms with E-state index >= 15 is 0 Å². The lowest BCUT2D eigenvalue weighted by atomic mass is 9.78. The van der Waals surface area contributed by atoms with E-state index in [0.717, 1.165) is 12.8 Å². The molecule has 1 saturated carbocycles. The summed E-state index contributed by atoms with van der Waals surface area (Å²) in [5.74, 6) is -1.85. The molecule has 1 spiro atoms. The molecule has 126 valence electrons. The second kappa shape index (κ2) is 7.39. The van der Waals surface area contributed by atoms with Crippen LogP contribution in [0.25, 0.3) is 0 Å². The van der Waals surface area contributed by atoms with Crippen LogP contribution in [0, 0.1) is 0 Å². The molecule has 1 saturated heterocycles. The minimum Gasteiger partial charge on any atom is -0.469 e. The van der Waals surface area contributed by atoms with E-state index in [2.05, 4.69) is 4.74 Å². The number of rotatable bonds is 6. The van der Waals surface area contributed by atoms with Gasteiger partial charge in [-0.3, -0.25) is 4.79 Å². The van der Waals surface area contributed by atoms with E-state index in [4.69, 9.17) is 18.9 Å². The van der Waals surface area contributed by atoms with Crippen LogP contribution in [0.5, 0.6) is 0 Å². The van der Waals surface area contributed by atoms with Crippen molar-refractivity contribution >= 4 is 11.9 Å². The van der Waals surface area contributed by atoms with Gasteiger partial charge in [-0.1, -0.05) is 0 Å². The molecule has 1 unspecified atom stereocenters. The van der Waals surface area contributed by atoms with Gasteiger partial charge in [0.15, 0.2) is 0 Å². The molecule has 0 aromatic carbocycles. The summed E-state index contributed by atoms with van der Waals surface area (Å²) in [5.41, 5.74) is -1.26. The van der Waals surface area contributed by atoms with Crippen LogP contribution < -0.4 is 0 Å². The molecule has 0 aromatic rings. The normalized spacial score (nSPS) is 26.8. The first kappa shape index (κ1) is 17.2. The summed E-state index contributed by atoms with van der Waals surface area (Å²) in [4.78, 5) is 23.6. The standard InChI is InChI=1S/C15H24O7/c1-18-12(16)6-5-9-20-14(13(17)19-2)7-3-4-8-15(14)21-10-11-22-15/h3-11H2,1-2H3. The van der Waals surface area contributed by atoms with Gasteiger partial charge < -0.3 is 23.7 Å². The van der Waals surface area contributed by atoms with Gasteiger partial charge in [0.25, 0.3) is 0 Å². The molecule has 1 atom stereocenters. The van der Waals surface area contributed by atoms with E-state index in [1.54, 1.807) is 0 Å². The first-order valence-corrected chi connectivity index (χ1v) is 7.67. The largest absolute Gasteiger partial charge is 0.469 e. The summed E-state index contributed by atoms with van der Waals surface area (Å²) in [6.07, 6.45) is 3.52. The zero-order chi connectivity index (χ0) is 16.1. The van der Waals surface area contributed by atoms with E-state index in [-0.39, 0.29) is 19.0 Å². The van der Waals surface area contributed by atoms with Gasteiger partial charge in [0.1, 0.15) is 0 Å². The van der Waals surface area contributed by atoms with E-state index < -0.39 is 17.4 Å². The highest BCUT2D eigenvalue weighted by molar-refractivity contribution is 5.81. The molecule has 1 aliphatic heterocycles. The molecule has 7 heteroatoms. The SMILES string of the molecule is COC(=O)CCCOC1(C(=O)OC)CCCCC12OCCO2. The van der Waals surface area contributed by atoms with Crippen molar-refractivity contribution in [2.45, 2.75) is 49.9 Å². The highest BCUT2D eigenvalue weighted by Gasteiger charge is 2.63. The second-order valence-corrected chi connectivity index (χ2v) is 5.50. The third kappa shape index (κ3) is 3.11. The minimum absolute atomic E-state index is 0.235. The lowest BCUT2D eigenvalue weighted by Crippen LogP contribution is -2.64. The van der Waals surface area contributed by atoms with Crippen LogP contribution in [0.15, 0.2) is 0 Å². The molecule has 0 aromatic heterocycles. The third-order valence-corrected chi connectivity index (χ3v) is 4.27. The van der Waals surface area contributed by atoms with Crippen LogP contribution in [0.2, 0.25) is 0 Å². The van der Waals surface area contributed by atoms with Crippen LogP contribution in [0.1, 0.15) is 38.5 Å². The topological polar surface area (TPSA) is 80.3 Å². The quantitative estimate of drug-likeness (QED) is 0.538. The maximum absolute atomic E-state index is 12.4. The zero-order valence-electron chi connectivity index (χ0n) is 13.2. The number of carbonyl (C=O) groups excluding carboxylic acids is 2. The lowest BCUT2D eigenvalue weighted by molar-refractivity contribution is -0.297. The average Bonchev–Trinajstić information content (AvgIpc) is 3.01. The highest BCUT2D eigenvalue weighted by atomic mass is 16.8. The van der Waals surface area contributed by atoms with E-state index in [1.807, 2.05) is 0 Å². The molecule has 0 N–H and O–H groups in total. The summed E-state index contributed by atoms with van der Waals surface area (Å²) in [5, 5.41) is 0. The predicted octanol–water partition coefficient (Wildman–Crippen LogP) is 1.19. The minimum atomic E-state index is -1.26. The van der Waals surface area contributed by atoms with Gasteiger partial charge in [-0.25, -0.2) is 4.79 Å². The van der Waals surface area contributed by atoms with E-state index in [9.17, 15) is 9.59 Å². The smallest absolute Gasteiger partial charge is 0.343 e. The molecule has 2 fully saturated rings. The van der Waals surface area contributed by atoms with Gasteiger partial charge in [0, 0.05) is 19.4 Å². The van der Waals surface area contributed by atoms with Crippen LogP contribution in [-0.4, -0.2) is 57.4 Å². The second-order valence-electron chi connectivity index (χ2n) is 5.50. The Morgan fingerprint density at radius 1 is 1.05 bits per heavy atom. The monoisotopic (exact) mass is 316 g/mol. The zero-order valence-corrected chi connectivity index (χ0v) is 13.2. The van der Waals surface area contributed by atoms with Gasteiger partial charge in [0.05, 0.1) is 27.4 Å². The van der Waals surface area contributed by atoms with Gasteiger partial charge in [-0.2, -0.15) is 0 Å². The summed E-state index contributed by atoms with van der Waals surface area (Å²) in [6, 6.07) is 0. The Hall–Kier alpha value is -1.18. The molecular weight excluding hydrogens is 292 g/mol. The number of carbonyl (C=O) groups is 2. The molecule has 2 aliphatic rings. The van der Waals surface area contributed by atoms with Crippen molar-refractivity contribution in [3.8, 4) is 0 Å².